The summed E-state index contributed by atoms with van der Waals surface area (Å²) in [4.78, 5) is 10.4. The number of benzene rings is 1. The van der Waals surface area contributed by atoms with Crippen LogP contribution in [-0.2, 0) is 21.4 Å². The summed E-state index contributed by atoms with van der Waals surface area (Å²) in [5, 5.41) is 8.49. The van der Waals surface area contributed by atoms with E-state index in [0.717, 1.165) is 22.5 Å². The predicted octanol–water partition coefficient (Wildman–Crippen LogP) is 0.748. The molecule has 2 N–H and O–H groups in total. The van der Waals surface area contributed by atoms with Crippen molar-refractivity contribution >= 4 is 16.2 Å². The number of carboxylic acid groups (broad SMARTS) is 1. The van der Waals surface area contributed by atoms with Crippen molar-refractivity contribution < 1.29 is 27.1 Å². The van der Waals surface area contributed by atoms with E-state index in [0.29, 0.717) is 5.56 Å². The number of hydrogen-bond acceptors (Lipinski definition) is 3. The standard InChI is InChI=1S/C12H16F2N2O4S/c1-16(5-3-12(17)18)21(19,20)15-4-2-9-6-10(13)8-11(14)7-9/h6-8,15H,2-5H2,1H3,(H,17,18). The molecule has 1 aromatic rings. The first kappa shape index (κ1) is 17.5. The van der Waals surface area contributed by atoms with Gasteiger partial charge in [-0.05, 0) is 24.1 Å². The highest BCUT2D eigenvalue weighted by Gasteiger charge is 2.17. The molecule has 0 fully saturated rings. The summed E-state index contributed by atoms with van der Waals surface area (Å²) in [5.41, 5.74) is 0.323. The smallest absolute Gasteiger partial charge is 0.304 e. The van der Waals surface area contributed by atoms with Crippen molar-refractivity contribution in [3.05, 3.63) is 35.4 Å². The fraction of sp³-hybridized carbons (Fsp3) is 0.417. The molecule has 0 atom stereocenters. The van der Waals surface area contributed by atoms with Crippen molar-refractivity contribution in [2.45, 2.75) is 12.8 Å². The molecule has 21 heavy (non-hydrogen) atoms. The molecule has 0 bridgehead atoms. The lowest BCUT2D eigenvalue weighted by atomic mass is 10.1. The highest BCUT2D eigenvalue weighted by Crippen LogP contribution is 2.08. The van der Waals surface area contributed by atoms with Gasteiger partial charge in [0.25, 0.3) is 10.2 Å². The Balaban J connectivity index is 2.51. The maximum atomic E-state index is 13.0. The normalized spacial score (nSPS) is 11.8. The van der Waals surface area contributed by atoms with E-state index in [4.69, 9.17) is 5.11 Å². The van der Waals surface area contributed by atoms with Crippen LogP contribution < -0.4 is 4.72 Å². The number of rotatable bonds is 8. The third kappa shape index (κ3) is 6.15. The Morgan fingerprint density at radius 1 is 1.29 bits per heavy atom. The average Bonchev–Trinajstić information content (AvgIpc) is 2.34. The first-order valence-corrected chi connectivity index (χ1v) is 7.52. The minimum absolute atomic E-state index is 0.0529. The molecule has 0 spiro atoms. The summed E-state index contributed by atoms with van der Waals surface area (Å²) < 4.78 is 52.5. The van der Waals surface area contributed by atoms with Gasteiger partial charge in [0.1, 0.15) is 11.6 Å². The maximum absolute atomic E-state index is 13.0. The number of carbonyl (C=O) groups is 1. The molecule has 0 saturated heterocycles. The van der Waals surface area contributed by atoms with E-state index in [2.05, 4.69) is 4.72 Å². The van der Waals surface area contributed by atoms with Gasteiger partial charge in [0.05, 0.1) is 6.42 Å². The molecular formula is C12H16F2N2O4S. The van der Waals surface area contributed by atoms with Crippen LogP contribution in [0.25, 0.3) is 0 Å². The summed E-state index contributed by atoms with van der Waals surface area (Å²) in [7, 11) is -2.57. The molecule has 1 aromatic carbocycles. The summed E-state index contributed by atoms with van der Waals surface area (Å²) in [6, 6.07) is 2.96. The quantitative estimate of drug-likeness (QED) is 0.739. The zero-order valence-electron chi connectivity index (χ0n) is 11.3. The van der Waals surface area contributed by atoms with Crippen LogP contribution in [0.3, 0.4) is 0 Å². The Bertz CT molecular complexity index is 587. The Kier molecular flexibility index (Phi) is 6.19. The Labute approximate surface area is 121 Å². The third-order valence-electron chi connectivity index (χ3n) is 2.67. The van der Waals surface area contributed by atoms with E-state index in [1.165, 1.54) is 7.05 Å². The number of aliphatic carboxylic acids is 1. The Morgan fingerprint density at radius 3 is 2.38 bits per heavy atom. The number of carboxylic acids is 1. The first-order chi connectivity index (χ1) is 9.70. The minimum Gasteiger partial charge on any atom is -0.481 e. The van der Waals surface area contributed by atoms with Crippen LogP contribution in [0.4, 0.5) is 8.78 Å². The fourth-order valence-corrected chi connectivity index (χ4v) is 2.48. The molecule has 0 aliphatic heterocycles. The second-order valence-corrected chi connectivity index (χ2v) is 6.25. The predicted molar refractivity (Wildman–Crippen MR) is 71.9 cm³/mol. The van der Waals surface area contributed by atoms with Crippen molar-refractivity contribution in [1.82, 2.24) is 9.03 Å². The summed E-state index contributed by atoms with van der Waals surface area (Å²) in [6.07, 6.45) is -0.201. The maximum Gasteiger partial charge on any atom is 0.304 e. The largest absolute Gasteiger partial charge is 0.481 e. The third-order valence-corrected chi connectivity index (χ3v) is 4.24. The summed E-state index contributed by atoms with van der Waals surface area (Å²) >= 11 is 0. The molecular weight excluding hydrogens is 306 g/mol. The SMILES string of the molecule is CN(CCC(=O)O)S(=O)(=O)NCCc1cc(F)cc(F)c1. The molecule has 1 rings (SSSR count). The van der Waals surface area contributed by atoms with Gasteiger partial charge in [0.2, 0.25) is 0 Å². The van der Waals surface area contributed by atoms with Crippen LogP contribution in [0.5, 0.6) is 0 Å². The topological polar surface area (TPSA) is 86.7 Å². The Hall–Kier alpha value is -1.58. The van der Waals surface area contributed by atoms with E-state index >= 15 is 0 Å². The van der Waals surface area contributed by atoms with E-state index in [1.54, 1.807) is 0 Å². The second kappa shape index (κ2) is 7.43. The molecule has 0 heterocycles. The summed E-state index contributed by atoms with van der Waals surface area (Å²) in [5.74, 6) is -2.56. The number of nitrogens with one attached hydrogen (secondary N) is 1. The molecule has 0 amide bonds. The molecule has 118 valence electrons. The summed E-state index contributed by atoms with van der Waals surface area (Å²) in [6.45, 7) is -0.220. The van der Waals surface area contributed by atoms with Crippen molar-refractivity contribution in [2.75, 3.05) is 20.1 Å². The van der Waals surface area contributed by atoms with Crippen molar-refractivity contribution in [3.8, 4) is 0 Å². The second-order valence-electron chi connectivity index (χ2n) is 4.39. The molecule has 0 saturated carbocycles. The van der Waals surface area contributed by atoms with Crippen LogP contribution in [0.1, 0.15) is 12.0 Å². The number of hydrogen-bond donors (Lipinski definition) is 2. The fourth-order valence-electron chi connectivity index (χ4n) is 1.56. The zero-order chi connectivity index (χ0) is 16.0. The van der Waals surface area contributed by atoms with Crippen molar-refractivity contribution in [3.63, 3.8) is 0 Å². The first-order valence-electron chi connectivity index (χ1n) is 6.08. The van der Waals surface area contributed by atoms with Crippen molar-refractivity contribution in [1.29, 1.82) is 0 Å². The van der Waals surface area contributed by atoms with Crippen LogP contribution in [0.15, 0.2) is 18.2 Å². The highest BCUT2D eigenvalue weighted by molar-refractivity contribution is 7.87. The molecule has 0 unspecified atom stereocenters. The lowest BCUT2D eigenvalue weighted by Gasteiger charge is -2.16. The monoisotopic (exact) mass is 322 g/mol. The number of halogens is 2. The van der Waals surface area contributed by atoms with Gasteiger partial charge in [0.15, 0.2) is 0 Å². The van der Waals surface area contributed by atoms with Gasteiger partial charge < -0.3 is 5.11 Å². The van der Waals surface area contributed by atoms with E-state index in [9.17, 15) is 22.0 Å². The highest BCUT2D eigenvalue weighted by atomic mass is 32.2. The van der Waals surface area contributed by atoms with E-state index in [-0.39, 0.29) is 25.9 Å². The molecule has 0 aromatic heterocycles. The molecule has 0 aliphatic carbocycles. The van der Waals surface area contributed by atoms with Crippen LogP contribution >= 0.6 is 0 Å². The van der Waals surface area contributed by atoms with Gasteiger partial charge in [-0.15, -0.1) is 0 Å². The van der Waals surface area contributed by atoms with Gasteiger partial charge in [-0.25, -0.2) is 13.5 Å². The lowest BCUT2D eigenvalue weighted by molar-refractivity contribution is -0.137. The lowest BCUT2D eigenvalue weighted by Crippen LogP contribution is -2.40. The van der Waals surface area contributed by atoms with Gasteiger partial charge in [-0.1, -0.05) is 0 Å². The molecule has 0 aliphatic rings. The van der Waals surface area contributed by atoms with Crippen molar-refractivity contribution in [2.24, 2.45) is 0 Å². The van der Waals surface area contributed by atoms with Gasteiger partial charge in [-0.3, -0.25) is 4.79 Å². The Morgan fingerprint density at radius 2 is 1.86 bits per heavy atom. The van der Waals surface area contributed by atoms with Gasteiger partial charge in [-0.2, -0.15) is 12.7 Å². The molecule has 6 nitrogen and oxygen atoms in total. The molecule has 9 heteroatoms. The van der Waals surface area contributed by atoms with E-state index in [1.807, 2.05) is 0 Å². The van der Waals surface area contributed by atoms with Gasteiger partial charge >= 0.3 is 5.97 Å². The van der Waals surface area contributed by atoms with Crippen LogP contribution in [0, 0.1) is 11.6 Å². The minimum atomic E-state index is -3.81. The zero-order valence-corrected chi connectivity index (χ0v) is 12.2. The molecule has 0 radical (unpaired) electrons. The van der Waals surface area contributed by atoms with Crippen LogP contribution in [0.2, 0.25) is 0 Å². The van der Waals surface area contributed by atoms with Crippen LogP contribution in [-0.4, -0.2) is 43.9 Å². The van der Waals surface area contributed by atoms with Gasteiger partial charge in [0, 0.05) is 26.2 Å². The number of nitrogens with zero attached hydrogens (tertiary/aromatic N) is 1. The van der Waals surface area contributed by atoms with E-state index < -0.39 is 27.8 Å². The average molecular weight is 322 g/mol.